The average molecular weight is 1280 g/mol. The average Bonchev–Trinajstić information content (AvgIpc) is 3.65. The molecule has 0 fully saturated rings. The summed E-state index contributed by atoms with van der Waals surface area (Å²) in [6.45, 7) is 9.35. The van der Waals surface area contributed by atoms with Gasteiger partial charge >= 0.3 is 39.5 Å². The van der Waals surface area contributed by atoms with E-state index >= 15 is 0 Å². The van der Waals surface area contributed by atoms with Crippen molar-refractivity contribution in [2.24, 2.45) is 11.8 Å². The minimum atomic E-state index is -4.96. The van der Waals surface area contributed by atoms with E-state index in [-0.39, 0.29) is 25.7 Å². The van der Waals surface area contributed by atoms with Crippen LogP contribution in [0.4, 0.5) is 0 Å². The first-order valence-corrected chi connectivity index (χ1v) is 37.8. The lowest BCUT2D eigenvalue weighted by Gasteiger charge is -2.21. The van der Waals surface area contributed by atoms with Crippen LogP contribution in [-0.2, 0) is 65.4 Å². The number of hydrogen-bond donors (Lipinski definition) is 3. The van der Waals surface area contributed by atoms with Gasteiger partial charge in [0.25, 0.3) is 0 Å². The summed E-state index contributed by atoms with van der Waals surface area (Å²) in [5.41, 5.74) is 0. The quantitative estimate of drug-likeness (QED) is 0.0169. The molecule has 3 N–H and O–H groups in total. The van der Waals surface area contributed by atoms with Crippen molar-refractivity contribution in [2.75, 3.05) is 39.6 Å². The molecule has 0 aromatic heterocycles. The van der Waals surface area contributed by atoms with E-state index in [1.165, 1.54) is 116 Å². The van der Waals surface area contributed by atoms with E-state index < -0.39 is 97.5 Å². The number of hydrogen-bond acceptors (Lipinski definition) is 15. The maximum Gasteiger partial charge on any atom is 0.472 e. The standard InChI is InChI=1S/C68H128O17P2/c1-7-9-11-13-15-17-18-19-20-21-26-29-33-40-46-52-67(72)84-63(56-79-66(71)51-45-39-32-28-25-23-22-24-27-30-36-42-48-60(3)4)58-82-86(74,75)80-54-62(69)55-81-87(76,77)83-59-64(57-78-65(70)50-44-38-31-16-14-12-10-8-2)85-68(73)53-47-41-35-34-37-43-49-61(5)6/h17-20,60-64,69H,7-16,21-59H2,1-6H3,(H,74,75)(H,76,77)/b18-17-,20-19-/t62-,63-,64-/m1/s1. The predicted octanol–water partition coefficient (Wildman–Crippen LogP) is 18.8. The lowest BCUT2D eigenvalue weighted by molar-refractivity contribution is -0.161. The number of rotatable bonds is 65. The number of ether oxygens (including phenoxy) is 4. The molecule has 0 rings (SSSR count). The Morgan fingerprint density at radius 2 is 0.621 bits per heavy atom. The maximum absolute atomic E-state index is 13.0. The third-order valence-corrected chi connectivity index (χ3v) is 17.0. The molecule has 0 aromatic carbocycles. The van der Waals surface area contributed by atoms with Gasteiger partial charge in [-0.25, -0.2) is 9.13 Å². The van der Waals surface area contributed by atoms with Crippen LogP contribution in [0.5, 0.6) is 0 Å². The van der Waals surface area contributed by atoms with E-state index in [1.807, 2.05) is 0 Å². The monoisotopic (exact) mass is 1280 g/mol. The first kappa shape index (κ1) is 84.5. The molecule has 5 atom stereocenters. The molecule has 0 aliphatic rings. The summed E-state index contributed by atoms with van der Waals surface area (Å²) in [6, 6.07) is 0. The summed E-state index contributed by atoms with van der Waals surface area (Å²) in [4.78, 5) is 72.3. The van der Waals surface area contributed by atoms with Crippen LogP contribution in [0.15, 0.2) is 24.3 Å². The summed E-state index contributed by atoms with van der Waals surface area (Å²) in [5, 5.41) is 10.5. The van der Waals surface area contributed by atoms with Crippen LogP contribution in [0.2, 0.25) is 0 Å². The van der Waals surface area contributed by atoms with Crippen LogP contribution in [0.3, 0.4) is 0 Å². The molecule has 0 amide bonds. The smallest absolute Gasteiger partial charge is 0.462 e. The van der Waals surface area contributed by atoms with Crippen LogP contribution in [0.25, 0.3) is 0 Å². The van der Waals surface area contributed by atoms with Gasteiger partial charge in [-0.1, -0.05) is 265 Å². The summed E-state index contributed by atoms with van der Waals surface area (Å²) in [6.07, 6.45) is 46.9. The highest BCUT2D eigenvalue weighted by Crippen LogP contribution is 2.45. The summed E-state index contributed by atoms with van der Waals surface area (Å²) >= 11 is 0. The zero-order valence-corrected chi connectivity index (χ0v) is 57.6. The maximum atomic E-state index is 13.0. The fourth-order valence-electron chi connectivity index (χ4n) is 9.70. The molecule has 0 aromatic rings. The second kappa shape index (κ2) is 59.8. The Balaban J connectivity index is 5.25. The van der Waals surface area contributed by atoms with Gasteiger partial charge in [0.05, 0.1) is 26.4 Å². The van der Waals surface area contributed by atoms with Crippen LogP contribution in [-0.4, -0.2) is 96.7 Å². The van der Waals surface area contributed by atoms with E-state index in [2.05, 4.69) is 65.8 Å². The molecule has 0 aliphatic heterocycles. The number of phosphoric acid groups is 2. The topological polar surface area (TPSA) is 237 Å². The molecule has 0 saturated carbocycles. The van der Waals surface area contributed by atoms with Gasteiger partial charge in [-0.3, -0.25) is 37.3 Å². The molecule has 17 nitrogen and oxygen atoms in total. The molecular weight excluding hydrogens is 1150 g/mol. The Bertz CT molecular complexity index is 1790. The van der Waals surface area contributed by atoms with Crippen molar-refractivity contribution in [3.8, 4) is 0 Å². The molecule has 2 unspecified atom stereocenters. The Kier molecular flexibility index (Phi) is 58.1. The van der Waals surface area contributed by atoms with Crippen molar-refractivity contribution >= 4 is 39.5 Å². The van der Waals surface area contributed by atoms with Crippen LogP contribution < -0.4 is 0 Å². The normalized spacial score (nSPS) is 14.4. The molecule has 512 valence electrons. The Morgan fingerprint density at radius 1 is 0.356 bits per heavy atom. The van der Waals surface area contributed by atoms with Gasteiger partial charge in [0.2, 0.25) is 0 Å². The van der Waals surface area contributed by atoms with Gasteiger partial charge in [-0.05, 0) is 63.2 Å². The third kappa shape index (κ3) is 62.1. The number of esters is 4. The molecule has 19 heteroatoms. The molecule has 0 saturated heterocycles. The Labute approximate surface area is 529 Å². The second-order valence-electron chi connectivity index (χ2n) is 24.8. The fourth-order valence-corrected chi connectivity index (χ4v) is 11.3. The predicted molar refractivity (Wildman–Crippen MR) is 349 cm³/mol. The fraction of sp³-hybridized carbons (Fsp3) is 0.882. The van der Waals surface area contributed by atoms with Crippen LogP contribution in [0, 0.1) is 11.8 Å². The SMILES string of the molecule is CCCCCC/C=C\C=C/CCCCCCCC(=O)O[C@H](COC(=O)CCCCCCCCCCCCCCC(C)C)COP(=O)(O)OC[C@@H](O)COP(=O)(O)OC[C@@H](COC(=O)CCCCCCCCCC)OC(=O)CCCCCCCCC(C)C. The highest BCUT2D eigenvalue weighted by molar-refractivity contribution is 7.47. The summed E-state index contributed by atoms with van der Waals surface area (Å²) < 4.78 is 68.0. The number of carbonyl (C=O) groups excluding carboxylic acids is 4. The van der Waals surface area contributed by atoms with Crippen LogP contribution in [0.1, 0.15) is 318 Å². The highest BCUT2D eigenvalue weighted by atomic mass is 31.2. The van der Waals surface area contributed by atoms with Crippen LogP contribution >= 0.6 is 15.6 Å². The zero-order chi connectivity index (χ0) is 64.3. The number of unbranched alkanes of at least 4 members (excludes halogenated alkanes) is 32. The minimum Gasteiger partial charge on any atom is -0.462 e. The van der Waals surface area contributed by atoms with Gasteiger partial charge in [-0.15, -0.1) is 0 Å². The molecule has 0 aliphatic carbocycles. The largest absolute Gasteiger partial charge is 0.472 e. The van der Waals surface area contributed by atoms with Gasteiger partial charge in [0.1, 0.15) is 19.3 Å². The van der Waals surface area contributed by atoms with E-state index in [0.717, 1.165) is 115 Å². The lowest BCUT2D eigenvalue weighted by Crippen LogP contribution is -2.30. The van der Waals surface area contributed by atoms with Crippen molar-refractivity contribution < 1.29 is 80.2 Å². The van der Waals surface area contributed by atoms with Crippen molar-refractivity contribution in [3.63, 3.8) is 0 Å². The summed E-state index contributed by atoms with van der Waals surface area (Å²) in [5.74, 6) is -0.718. The first-order chi connectivity index (χ1) is 41.9. The van der Waals surface area contributed by atoms with Crippen molar-refractivity contribution in [1.82, 2.24) is 0 Å². The van der Waals surface area contributed by atoms with Crippen molar-refractivity contribution in [1.29, 1.82) is 0 Å². The van der Waals surface area contributed by atoms with Gasteiger partial charge < -0.3 is 33.8 Å². The molecule has 0 bridgehead atoms. The van der Waals surface area contributed by atoms with E-state index in [4.69, 9.17) is 37.0 Å². The summed E-state index contributed by atoms with van der Waals surface area (Å²) in [7, 11) is -9.90. The number of phosphoric ester groups is 2. The minimum absolute atomic E-state index is 0.0847. The van der Waals surface area contributed by atoms with Gasteiger partial charge in [-0.2, -0.15) is 0 Å². The van der Waals surface area contributed by atoms with Gasteiger partial charge in [0, 0.05) is 25.7 Å². The first-order valence-electron chi connectivity index (χ1n) is 34.8. The van der Waals surface area contributed by atoms with E-state index in [1.54, 1.807) is 0 Å². The van der Waals surface area contributed by atoms with Crippen molar-refractivity contribution in [3.05, 3.63) is 24.3 Å². The molecule has 0 spiro atoms. The number of allylic oxidation sites excluding steroid dienone is 4. The second-order valence-corrected chi connectivity index (χ2v) is 27.7. The third-order valence-electron chi connectivity index (χ3n) is 15.1. The molecule has 0 radical (unpaired) electrons. The lowest BCUT2D eigenvalue weighted by atomic mass is 10.0. The number of carbonyl (C=O) groups is 4. The molecule has 0 heterocycles. The Morgan fingerprint density at radius 3 is 0.943 bits per heavy atom. The van der Waals surface area contributed by atoms with Crippen molar-refractivity contribution in [2.45, 2.75) is 336 Å². The molecular formula is C68H128O17P2. The van der Waals surface area contributed by atoms with Gasteiger partial charge in [0.15, 0.2) is 12.2 Å². The Hall–Kier alpha value is -2.46. The molecule has 87 heavy (non-hydrogen) atoms. The zero-order valence-electron chi connectivity index (χ0n) is 55.8. The van der Waals surface area contributed by atoms with E-state index in [9.17, 15) is 43.2 Å². The number of aliphatic hydroxyl groups excluding tert-OH is 1. The number of aliphatic hydroxyl groups is 1. The van der Waals surface area contributed by atoms with E-state index in [0.29, 0.717) is 31.6 Å². The highest BCUT2D eigenvalue weighted by Gasteiger charge is 2.30.